The van der Waals surface area contributed by atoms with Gasteiger partial charge in [0.05, 0.1) is 11.4 Å². The first-order valence-corrected chi connectivity index (χ1v) is 9.53. The summed E-state index contributed by atoms with van der Waals surface area (Å²) in [7, 11) is 2.10. The minimum Gasteiger partial charge on any atom is -0.383 e. The zero-order valence-electron chi connectivity index (χ0n) is 15.6. The number of benzene rings is 1. The Hall–Kier alpha value is -1.98. The Balaban J connectivity index is 1.83. The topological polar surface area (TPSA) is 55.0 Å². The number of nitrogens with two attached hydrogens (primary N) is 1. The molecule has 2 N–H and O–H groups in total. The molecule has 3 rings (SSSR count). The van der Waals surface area contributed by atoms with Gasteiger partial charge in [-0.25, -0.2) is 9.97 Å². The summed E-state index contributed by atoms with van der Waals surface area (Å²) < 4.78 is 0. The maximum atomic E-state index is 6.23. The van der Waals surface area contributed by atoms with Crippen LogP contribution in [0.3, 0.4) is 0 Å². The minimum atomic E-state index is 0.0975. The Morgan fingerprint density at radius 1 is 1.12 bits per heavy atom. The van der Waals surface area contributed by atoms with Gasteiger partial charge in [0.25, 0.3) is 0 Å². The van der Waals surface area contributed by atoms with E-state index in [0.29, 0.717) is 5.82 Å². The van der Waals surface area contributed by atoms with E-state index in [4.69, 9.17) is 10.7 Å². The Morgan fingerprint density at radius 2 is 1.76 bits per heavy atom. The second-order valence-electron chi connectivity index (χ2n) is 6.69. The number of fused-ring (bicyclic) bond motifs is 1. The van der Waals surface area contributed by atoms with Crippen LogP contribution in [0.25, 0.3) is 10.2 Å². The molecule has 132 valence electrons. The number of aromatic nitrogens is 2. The average molecular weight is 355 g/mol. The summed E-state index contributed by atoms with van der Waals surface area (Å²) in [6.07, 6.45) is 1.07. The number of nitrogens with zero attached hydrogens (tertiary/aromatic N) is 3. The highest BCUT2D eigenvalue weighted by Gasteiger charge is 2.19. The summed E-state index contributed by atoms with van der Waals surface area (Å²) in [6, 6.07) is 8.90. The van der Waals surface area contributed by atoms with Gasteiger partial charge in [-0.2, -0.15) is 0 Å². The lowest BCUT2D eigenvalue weighted by molar-refractivity contribution is 0.244. The van der Waals surface area contributed by atoms with Gasteiger partial charge in [-0.3, -0.25) is 4.90 Å². The van der Waals surface area contributed by atoms with Gasteiger partial charge in [-0.15, -0.1) is 11.3 Å². The van der Waals surface area contributed by atoms with Crippen molar-refractivity contribution in [1.29, 1.82) is 0 Å². The lowest BCUT2D eigenvalue weighted by Crippen LogP contribution is -2.24. The Morgan fingerprint density at radius 3 is 2.40 bits per heavy atom. The molecule has 0 saturated carbocycles. The van der Waals surface area contributed by atoms with E-state index < -0.39 is 0 Å². The second kappa shape index (κ2) is 7.10. The summed E-state index contributed by atoms with van der Waals surface area (Å²) in [5, 5.41) is 1.01. The van der Waals surface area contributed by atoms with E-state index in [1.807, 2.05) is 0 Å². The summed E-state index contributed by atoms with van der Waals surface area (Å²) in [6.45, 7) is 9.36. The first-order chi connectivity index (χ1) is 11.9. The van der Waals surface area contributed by atoms with E-state index in [0.717, 1.165) is 29.0 Å². The quantitative estimate of drug-likeness (QED) is 0.725. The largest absolute Gasteiger partial charge is 0.383 e. The van der Waals surface area contributed by atoms with Crippen molar-refractivity contribution in [3.05, 3.63) is 51.7 Å². The summed E-state index contributed by atoms with van der Waals surface area (Å²) in [4.78, 5) is 13.9. The lowest BCUT2D eigenvalue weighted by atomic mass is 10.1. The molecule has 0 bridgehead atoms. The monoisotopic (exact) mass is 354 g/mol. The number of aryl methyl sites for hydroxylation is 3. The van der Waals surface area contributed by atoms with E-state index >= 15 is 0 Å². The molecule has 1 aromatic carbocycles. The van der Waals surface area contributed by atoms with E-state index in [2.05, 4.69) is 68.9 Å². The molecule has 0 spiro atoms. The number of thiophene rings is 1. The molecule has 0 radical (unpaired) electrons. The predicted octanol–water partition coefficient (Wildman–Crippen LogP) is 4.65. The highest BCUT2D eigenvalue weighted by atomic mass is 32.1. The number of hydrogen-bond acceptors (Lipinski definition) is 5. The average Bonchev–Trinajstić information content (AvgIpc) is 2.89. The molecule has 1 atom stereocenters. The Kier molecular flexibility index (Phi) is 5.06. The molecule has 0 saturated heterocycles. The normalized spacial score (nSPS) is 12.9. The number of nitrogen functional groups attached to an aromatic ring is 1. The highest BCUT2D eigenvalue weighted by molar-refractivity contribution is 7.18. The fourth-order valence-electron chi connectivity index (χ4n) is 2.99. The van der Waals surface area contributed by atoms with Crippen LogP contribution in [0.4, 0.5) is 5.82 Å². The summed E-state index contributed by atoms with van der Waals surface area (Å²) >= 11 is 1.69. The molecule has 3 aromatic rings. The van der Waals surface area contributed by atoms with Gasteiger partial charge in [0.15, 0.2) is 0 Å². The van der Waals surface area contributed by atoms with Gasteiger partial charge in [0.2, 0.25) is 0 Å². The molecule has 0 aliphatic carbocycles. The van der Waals surface area contributed by atoms with Crippen molar-refractivity contribution in [1.82, 2.24) is 14.9 Å². The number of anilines is 1. The second-order valence-corrected chi connectivity index (χ2v) is 7.89. The van der Waals surface area contributed by atoms with Crippen LogP contribution < -0.4 is 5.73 Å². The van der Waals surface area contributed by atoms with Crippen LogP contribution in [0.5, 0.6) is 0 Å². The van der Waals surface area contributed by atoms with Crippen molar-refractivity contribution in [3.8, 4) is 0 Å². The third kappa shape index (κ3) is 3.53. The zero-order chi connectivity index (χ0) is 18.1. The molecule has 25 heavy (non-hydrogen) atoms. The third-order valence-corrected chi connectivity index (χ3v) is 6.07. The molecule has 2 heterocycles. The van der Waals surface area contributed by atoms with E-state index in [1.54, 1.807) is 11.3 Å². The molecule has 0 aliphatic heterocycles. The van der Waals surface area contributed by atoms with Crippen molar-refractivity contribution in [2.75, 3.05) is 12.8 Å². The molecule has 0 amide bonds. The van der Waals surface area contributed by atoms with Gasteiger partial charge in [0, 0.05) is 11.4 Å². The number of hydrogen-bond donors (Lipinski definition) is 1. The van der Waals surface area contributed by atoms with Gasteiger partial charge in [0.1, 0.15) is 16.5 Å². The molecule has 5 heteroatoms. The van der Waals surface area contributed by atoms with Crippen LogP contribution in [0.1, 0.15) is 47.3 Å². The van der Waals surface area contributed by atoms with Crippen LogP contribution in [0, 0.1) is 13.8 Å². The lowest BCUT2D eigenvalue weighted by Gasteiger charge is -2.24. The zero-order valence-corrected chi connectivity index (χ0v) is 16.4. The maximum Gasteiger partial charge on any atom is 0.149 e. The van der Waals surface area contributed by atoms with Crippen molar-refractivity contribution >= 4 is 27.4 Å². The molecular formula is C20H26N4S. The highest BCUT2D eigenvalue weighted by Crippen LogP contribution is 2.33. The van der Waals surface area contributed by atoms with Crippen LogP contribution in [-0.4, -0.2) is 21.9 Å². The van der Waals surface area contributed by atoms with Gasteiger partial charge in [-0.05, 0) is 50.9 Å². The predicted molar refractivity (Wildman–Crippen MR) is 107 cm³/mol. The fourth-order valence-corrected chi connectivity index (χ4v) is 4.03. The number of rotatable bonds is 5. The van der Waals surface area contributed by atoms with Crippen LogP contribution in [0.2, 0.25) is 0 Å². The third-order valence-electron chi connectivity index (χ3n) is 4.97. The Bertz CT molecular complexity index is 883. The smallest absolute Gasteiger partial charge is 0.149 e. The fraction of sp³-hybridized carbons (Fsp3) is 0.400. The first-order valence-electron chi connectivity index (χ1n) is 8.71. The SMILES string of the molecule is CCc1ccc(CN(C)C(C)c2nc(N)c3c(C)c(C)sc3n2)cc1. The van der Waals surface area contributed by atoms with Crippen LogP contribution in [-0.2, 0) is 13.0 Å². The van der Waals surface area contributed by atoms with Gasteiger partial charge in [-0.1, -0.05) is 31.2 Å². The van der Waals surface area contributed by atoms with Crippen LogP contribution in [0.15, 0.2) is 24.3 Å². The first kappa shape index (κ1) is 17.8. The van der Waals surface area contributed by atoms with Crippen molar-refractivity contribution < 1.29 is 0 Å². The van der Waals surface area contributed by atoms with Crippen molar-refractivity contribution in [3.63, 3.8) is 0 Å². The molecule has 2 aromatic heterocycles. The summed E-state index contributed by atoms with van der Waals surface area (Å²) in [5.74, 6) is 1.38. The van der Waals surface area contributed by atoms with Gasteiger partial charge < -0.3 is 5.73 Å². The van der Waals surface area contributed by atoms with E-state index in [9.17, 15) is 0 Å². The molecule has 4 nitrogen and oxygen atoms in total. The van der Waals surface area contributed by atoms with Crippen molar-refractivity contribution in [2.45, 2.75) is 46.7 Å². The van der Waals surface area contributed by atoms with E-state index in [-0.39, 0.29) is 6.04 Å². The molecule has 1 unspecified atom stereocenters. The van der Waals surface area contributed by atoms with Gasteiger partial charge >= 0.3 is 0 Å². The minimum absolute atomic E-state index is 0.0975. The summed E-state index contributed by atoms with van der Waals surface area (Å²) in [5.41, 5.74) is 10.1. The standard InChI is InChI=1S/C20H26N4S/c1-6-15-7-9-16(10-8-15)11-24(5)13(3)19-22-18(21)17-12(2)14(4)25-20(17)23-19/h7-10,13H,6,11H2,1-5H3,(H2,21,22,23). The molecule has 0 fully saturated rings. The van der Waals surface area contributed by atoms with E-state index in [1.165, 1.54) is 21.6 Å². The van der Waals surface area contributed by atoms with Crippen molar-refractivity contribution in [2.24, 2.45) is 0 Å². The maximum absolute atomic E-state index is 6.23. The molecular weight excluding hydrogens is 328 g/mol. The molecule has 0 aliphatic rings. The van der Waals surface area contributed by atoms with Crippen LogP contribution >= 0.6 is 11.3 Å². The Labute approximate surface area is 153 Å².